The zero-order valence-electron chi connectivity index (χ0n) is 13.7. The molecule has 23 heavy (non-hydrogen) atoms. The minimum absolute atomic E-state index is 0.0503. The summed E-state index contributed by atoms with van der Waals surface area (Å²) in [4.78, 5) is 14.5. The standard InChI is InChI=1S/C18H24Cl2N2O/c1-11(16-6-3-13(19)10-17(16)20)22(2)18(23)9-12-7-14-4-5-15(8-12)21-14/h3,6,10-12,14-15,21H,4-5,7-9H2,1-2H3. The first-order valence-corrected chi connectivity index (χ1v) is 9.16. The largest absolute Gasteiger partial charge is 0.339 e. The number of carbonyl (C=O) groups is 1. The van der Waals surface area contributed by atoms with Crippen LogP contribution in [-0.2, 0) is 4.79 Å². The lowest BCUT2D eigenvalue weighted by molar-refractivity contribution is -0.133. The molecule has 1 aromatic carbocycles. The van der Waals surface area contributed by atoms with E-state index in [-0.39, 0.29) is 11.9 Å². The van der Waals surface area contributed by atoms with Crippen molar-refractivity contribution in [3.05, 3.63) is 33.8 Å². The van der Waals surface area contributed by atoms with E-state index in [0.29, 0.717) is 34.5 Å². The fourth-order valence-electron chi connectivity index (χ4n) is 4.00. The van der Waals surface area contributed by atoms with Gasteiger partial charge in [-0.25, -0.2) is 0 Å². The van der Waals surface area contributed by atoms with Gasteiger partial charge in [-0.3, -0.25) is 4.79 Å². The van der Waals surface area contributed by atoms with E-state index in [1.54, 1.807) is 6.07 Å². The SMILES string of the molecule is CC(c1ccc(Cl)cc1Cl)N(C)C(=O)CC1CC2CCC(C1)N2. The third-order valence-electron chi connectivity index (χ3n) is 5.42. The molecule has 0 saturated carbocycles. The summed E-state index contributed by atoms with van der Waals surface area (Å²) in [6.45, 7) is 2.01. The second kappa shape index (κ2) is 7.00. The molecular formula is C18H24Cl2N2O. The maximum Gasteiger partial charge on any atom is 0.223 e. The van der Waals surface area contributed by atoms with Crippen LogP contribution in [0.4, 0.5) is 0 Å². The first-order chi connectivity index (χ1) is 10.9. The Kier molecular flexibility index (Phi) is 5.19. The van der Waals surface area contributed by atoms with Gasteiger partial charge in [0.2, 0.25) is 5.91 Å². The Morgan fingerprint density at radius 2 is 1.96 bits per heavy atom. The predicted octanol–water partition coefficient (Wildman–Crippen LogP) is 4.43. The van der Waals surface area contributed by atoms with Crippen LogP contribution >= 0.6 is 23.2 Å². The molecule has 0 aliphatic carbocycles. The Morgan fingerprint density at radius 1 is 1.30 bits per heavy atom. The fourth-order valence-corrected chi connectivity index (χ4v) is 4.56. The van der Waals surface area contributed by atoms with Crippen LogP contribution in [0.25, 0.3) is 0 Å². The maximum absolute atomic E-state index is 12.7. The predicted molar refractivity (Wildman–Crippen MR) is 94.9 cm³/mol. The van der Waals surface area contributed by atoms with Crippen molar-refractivity contribution in [3.8, 4) is 0 Å². The van der Waals surface area contributed by atoms with Gasteiger partial charge in [0.15, 0.2) is 0 Å². The molecule has 3 nitrogen and oxygen atoms in total. The van der Waals surface area contributed by atoms with E-state index in [2.05, 4.69) is 5.32 Å². The summed E-state index contributed by atoms with van der Waals surface area (Å²) in [5.74, 6) is 0.714. The van der Waals surface area contributed by atoms with E-state index in [9.17, 15) is 4.79 Å². The molecule has 2 fully saturated rings. The van der Waals surface area contributed by atoms with Gasteiger partial charge in [-0.15, -0.1) is 0 Å². The van der Waals surface area contributed by atoms with E-state index >= 15 is 0 Å². The number of piperidine rings is 1. The smallest absolute Gasteiger partial charge is 0.223 e. The Hall–Kier alpha value is -0.770. The van der Waals surface area contributed by atoms with Crippen molar-refractivity contribution in [2.24, 2.45) is 5.92 Å². The zero-order chi connectivity index (χ0) is 16.6. The third-order valence-corrected chi connectivity index (χ3v) is 5.98. The van der Waals surface area contributed by atoms with Crippen molar-refractivity contribution >= 4 is 29.1 Å². The van der Waals surface area contributed by atoms with E-state index in [1.807, 2.05) is 31.0 Å². The average molecular weight is 355 g/mol. The fraction of sp³-hybridized carbons (Fsp3) is 0.611. The Balaban J connectivity index is 1.62. The molecule has 2 aliphatic rings. The first-order valence-electron chi connectivity index (χ1n) is 8.40. The summed E-state index contributed by atoms with van der Waals surface area (Å²) < 4.78 is 0. The first kappa shape index (κ1) is 17.1. The summed E-state index contributed by atoms with van der Waals surface area (Å²) in [6.07, 6.45) is 5.43. The normalized spacial score (nSPS) is 27.7. The summed E-state index contributed by atoms with van der Waals surface area (Å²) in [5, 5.41) is 4.86. The Labute approximate surface area is 148 Å². The highest BCUT2D eigenvalue weighted by Gasteiger charge is 2.35. The van der Waals surface area contributed by atoms with Crippen LogP contribution in [0.1, 0.15) is 50.6 Å². The number of nitrogens with zero attached hydrogens (tertiary/aromatic N) is 1. The van der Waals surface area contributed by atoms with Crippen molar-refractivity contribution in [2.45, 2.75) is 57.2 Å². The minimum atomic E-state index is -0.0503. The van der Waals surface area contributed by atoms with Crippen LogP contribution in [0.5, 0.6) is 0 Å². The van der Waals surface area contributed by atoms with Gasteiger partial charge in [0.05, 0.1) is 6.04 Å². The lowest BCUT2D eigenvalue weighted by Crippen LogP contribution is -2.40. The highest BCUT2D eigenvalue weighted by atomic mass is 35.5. The second-order valence-corrected chi connectivity index (χ2v) is 7.87. The van der Waals surface area contributed by atoms with E-state index in [1.165, 1.54) is 12.8 Å². The second-order valence-electron chi connectivity index (χ2n) is 7.03. The molecule has 0 radical (unpaired) electrons. The number of halogens is 2. The van der Waals surface area contributed by atoms with Crippen molar-refractivity contribution in [1.82, 2.24) is 10.2 Å². The minimum Gasteiger partial charge on any atom is -0.339 e. The molecule has 2 bridgehead atoms. The maximum atomic E-state index is 12.7. The van der Waals surface area contributed by atoms with Gasteiger partial charge in [-0.1, -0.05) is 29.3 Å². The molecule has 0 spiro atoms. The monoisotopic (exact) mass is 354 g/mol. The van der Waals surface area contributed by atoms with Crippen LogP contribution in [0, 0.1) is 5.92 Å². The summed E-state index contributed by atoms with van der Waals surface area (Å²) in [7, 11) is 1.87. The van der Waals surface area contributed by atoms with Gasteiger partial charge in [0, 0.05) is 35.6 Å². The third kappa shape index (κ3) is 3.84. The van der Waals surface area contributed by atoms with Crippen LogP contribution in [0.15, 0.2) is 18.2 Å². The number of carbonyl (C=O) groups excluding carboxylic acids is 1. The number of benzene rings is 1. The molecule has 1 N–H and O–H groups in total. The van der Waals surface area contributed by atoms with Gasteiger partial charge in [0.25, 0.3) is 0 Å². The van der Waals surface area contributed by atoms with Gasteiger partial charge >= 0.3 is 0 Å². The lowest BCUT2D eigenvalue weighted by atomic mass is 9.89. The zero-order valence-corrected chi connectivity index (χ0v) is 15.2. The molecule has 1 amide bonds. The van der Waals surface area contributed by atoms with E-state index in [0.717, 1.165) is 18.4 Å². The summed E-state index contributed by atoms with van der Waals surface area (Å²) >= 11 is 12.2. The number of nitrogens with one attached hydrogen (secondary N) is 1. The average Bonchev–Trinajstić information content (AvgIpc) is 2.84. The molecule has 3 atom stereocenters. The number of hydrogen-bond acceptors (Lipinski definition) is 2. The molecule has 5 heteroatoms. The van der Waals surface area contributed by atoms with Gasteiger partial charge in [-0.2, -0.15) is 0 Å². The molecule has 1 aromatic rings. The highest BCUT2D eigenvalue weighted by Crippen LogP contribution is 2.34. The van der Waals surface area contributed by atoms with Crippen LogP contribution in [0.3, 0.4) is 0 Å². The quantitative estimate of drug-likeness (QED) is 0.866. The lowest BCUT2D eigenvalue weighted by Gasteiger charge is -2.32. The summed E-state index contributed by atoms with van der Waals surface area (Å²) in [5.41, 5.74) is 0.942. The number of amides is 1. The van der Waals surface area contributed by atoms with Crippen LogP contribution < -0.4 is 5.32 Å². The summed E-state index contributed by atoms with van der Waals surface area (Å²) in [6, 6.07) is 6.66. The Morgan fingerprint density at radius 3 is 2.57 bits per heavy atom. The van der Waals surface area contributed by atoms with Gasteiger partial charge < -0.3 is 10.2 Å². The number of rotatable bonds is 4. The molecule has 3 rings (SSSR count). The molecule has 126 valence electrons. The number of fused-ring (bicyclic) bond motifs is 2. The van der Waals surface area contributed by atoms with Gasteiger partial charge in [-0.05, 0) is 56.2 Å². The molecule has 2 saturated heterocycles. The van der Waals surface area contributed by atoms with Gasteiger partial charge in [0.1, 0.15) is 0 Å². The van der Waals surface area contributed by atoms with Crippen molar-refractivity contribution in [3.63, 3.8) is 0 Å². The van der Waals surface area contributed by atoms with Crippen molar-refractivity contribution < 1.29 is 4.79 Å². The van der Waals surface area contributed by atoms with Crippen molar-refractivity contribution in [2.75, 3.05) is 7.05 Å². The molecule has 0 aromatic heterocycles. The Bertz CT molecular complexity index is 580. The van der Waals surface area contributed by atoms with E-state index < -0.39 is 0 Å². The molecule has 2 aliphatic heterocycles. The van der Waals surface area contributed by atoms with Crippen molar-refractivity contribution in [1.29, 1.82) is 0 Å². The molecular weight excluding hydrogens is 331 g/mol. The number of hydrogen-bond donors (Lipinski definition) is 1. The highest BCUT2D eigenvalue weighted by molar-refractivity contribution is 6.35. The topological polar surface area (TPSA) is 32.3 Å². The molecule has 3 unspecified atom stereocenters. The van der Waals surface area contributed by atoms with E-state index in [4.69, 9.17) is 23.2 Å². The van der Waals surface area contributed by atoms with Crippen LogP contribution in [0.2, 0.25) is 10.0 Å². The molecule has 2 heterocycles. The van der Waals surface area contributed by atoms with Crippen LogP contribution in [-0.4, -0.2) is 29.9 Å².